The van der Waals surface area contributed by atoms with Crippen LogP contribution < -0.4 is 5.73 Å². The number of aromatic nitrogens is 2. The molecule has 0 saturated heterocycles. The fourth-order valence-electron chi connectivity index (χ4n) is 2.45. The molecule has 0 bridgehead atoms. The third kappa shape index (κ3) is 1.07. The molecule has 1 aliphatic rings. The van der Waals surface area contributed by atoms with Crippen molar-refractivity contribution in [1.82, 2.24) is 10.2 Å². The van der Waals surface area contributed by atoms with Gasteiger partial charge in [-0.1, -0.05) is 32.0 Å². The Balaban J connectivity index is 2.14. The fraction of sp³-hybridized carbons (Fsp3) is 0.417. The van der Waals surface area contributed by atoms with Gasteiger partial charge in [0.2, 0.25) is 0 Å². The van der Waals surface area contributed by atoms with E-state index >= 15 is 0 Å². The first kappa shape index (κ1) is 8.92. The van der Waals surface area contributed by atoms with Crippen LogP contribution in [0.3, 0.4) is 0 Å². The van der Waals surface area contributed by atoms with Gasteiger partial charge in [0, 0.05) is 23.0 Å². The highest BCUT2D eigenvalue weighted by molar-refractivity contribution is 5.82. The molecule has 2 atom stereocenters. The highest BCUT2D eigenvalue weighted by Gasteiger charge is 2.57. The number of fused-ring (bicyclic) bond motifs is 1. The molecular weight excluding hydrogens is 186 g/mol. The molecule has 2 aromatic rings. The Morgan fingerprint density at radius 2 is 2.00 bits per heavy atom. The summed E-state index contributed by atoms with van der Waals surface area (Å²) in [5, 5.41) is 8.64. The molecular formula is C12H15N3. The van der Waals surface area contributed by atoms with Gasteiger partial charge in [-0.05, 0) is 11.5 Å². The zero-order chi connectivity index (χ0) is 10.6. The van der Waals surface area contributed by atoms with Gasteiger partial charge in [0.15, 0.2) is 0 Å². The third-order valence-electron chi connectivity index (χ3n) is 3.71. The molecule has 2 unspecified atom stereocenters. The van der Waals surface area contributed by atoms with Crippen molar-refractivity contribution in [3.8, 4) is 0 Å². The summed E-state index contributed by atoms with van der Waals surface area (Å²) in [5.41, 5.74) is 8.51. The lowest BCUT2D eigenvalue weighted by molar-refractivity contribution is 0.596. The lowest BCUT2D eigenvalue weighted by Gasteiger charge is -1.99. The van der Waals surface area contributed by atoms with Crippen LogP contribution in [0.4, 0.5) is 0 Å². The average Bonchev–Trinajstić information content (AvgIpc) is 2.63. The van der Waals surface area contributed by atoms with Crippen LogP contribution in [-0.2, 0) is 0 Å². The van der Waals surface area contributed by atoms with Gasteiger partial charge in [-0.15, -0.1) is 0 Å². The second kappa shape index (κ2) is 2.61. The van der Waals surface area contributed by atoms with Crippen molar-refractivity contribution in [2.45, 2.75) is 25.8 Å². The van der Waals surface area contributed by atoms with Crippen molar-refractivity contribution in [1.29, 1.82) is 0 Å². The first-order valence-corrected chi connectivity index (χ1v) is 5.31. The summed E-state index contributed by atoms with van der Waals surface area (Å²) in [5.74, 6) is 0.421. The summed E-state index contributed by atoms with van der Waals surface area (Å²) in [6.07, 6.45) is 0. The highest BCUT2D eigenvalue weighted by Crippen LogP contribution is 2.57. The first-order valence-electron chi connectivity index (χ1n) is 5.31. The van der Waals surface area contributed by atoms with Crippen LogP contribution in [0.15, 0.2) is 24.3 Å². The van der Waals surface area contributed by atoms with Crippen LogP contribution in [0.5, 0.6) is 0 Å². The molecule has 1 aromatic carbocycles. The first-order chi connectivity index (χ1) is 7.12. The summed E-state index contributed by atoms with van der Waals surface area (Å²) in [6.45, 7) is 4.41. The Kier molecular flexibility index (Phi) is 1.55. The summed E-state index contributed by atoms with van der Waals surface area (Å²) in [6, 6.07) is 8.43. The summed E-state index contributed by atoms with van der Waals surface area (Å²) < 4.78 is 0. The van der Waals surface area contributed by atoms with Crippen molar-refractivity contribution < 1.29 is 0 Å². The highest BCUT2D eigenvalue weighted by atomic mass is 15.1. The molecule has 3 rings (SSSR count). The number of nitrogens with two attached hydrogens (primary N) is 1. The summed E-state index contributed by atoms with van der Waals surface area (Å²) >= 11 is 0. The molecule has 0 aliphatic heterocycles. The number of para-hydroxylation sites is 1. The van der Waals surface area contributed by atoms with Crippen molar-refractivity contribution in [2.24, 2.45) is 11.1 Å². The Labute approximate surface area is 88.7 Å². The lowest BCUT2D eigenvalue weighted by Crippen LogP contribution is -2.06. The van der Waals surface area contributed by atoms with Crippen LogP contribution in [0.25, 0.3) is 10.9 Å². The molecule has 1 fully saturated rings. The van der Waals surface area contributed by atoms with Gasteiger partial charge in [0.1, 0.15) is 0 Å². The third-order valence-corrected chi connectivity index (χ3v) is 3.71. The number of rotatable bonds is 1. The van der Waals surface area contributed by atoms with Gasteiger partial charge >= 0.3 is 0 Å². The van der Waals surface area contributed by atoms with E-state index in [-0.39, 0.29) is 11.5 Å². The molecule has 78 valence electrons. The van der Waals surface area contributed by atoms with Crippen LogP contribution in [-0.4, -0.2) is 16.2 Å². The Morgan fingerprint density at radius 1 is 1.33 bits per heavy atom. The lowest BCUT2D eigenvalue weighted by atomic mass is 10.1. The molecule has 3 N–H and O–H groups in total. The average molecular weight is 201 g/mol. The van der Waals surface area contributed by atoms with E-state index in [2.05, 4.69) is 30.1 Å². The predicted octanol–water partition coefficient (Wildman–Crippen LogP) is 2.01. The second-order valence-corrected chi connectivity index (χ2v) is 4.98. The summed E-state index contributed by atoms with van der Waals surface area (Å²) in [7, 11) is 0. The second-order valence-electron chi connectivity index (χ2n) is 4.98. The van der Waals surface area contributed by atoms with Crippen molar-refractivity contribution in [2.75, 3.05) is 0 Å². The predicted molar refractivity (Wildman–Crippen MR) is 60.6 cm³/mol. The number of aromatic amines is 1. The molecule has 3 nitrogen and oxygen atoms in total. The Bertz CT molecular complexity index is 512. The zero-order valence-electron chi connectivity index (χ0n) is 8.99. The van der Waals surface area contributed by atoms with Gasteiger partial charge in [-0.3, -0.25) is 5.10 Å². The number of hydrogen-bond acceptors (Lipinski definition) is 2. The Hall–Kier alpha value is -1.35. The van der Waals surface area contributed by atoms with E-state index < -0.39 is 0 Å². The van der Waals surface area contributed by atoms with E-state index in [1.807, 2.05) is 18.2 Å². The van der Waals surface area contributed by atoms with Crippen molar-refractivity contribution in [3.05, 3.63) is 30.0 Å². The van der Waals surface area contributed by atoms with Crippen LogP contribution in [0.2, 0.25) is 0 Å². The SMILES string of the molecule is CC1(C)C(N)C1c1[nH]nc2ccccc12. The quantitative estimate of drug-likeness (QED) is 0.741. The molecule has 15 heavy (non-hydrogen) atoms. The van der Waals surface area contributed by atoms with Gasteiger partial charge in [0.25, 0.3) is 0 Å². The van der Waals surface area contributed by atoms with Crippen LogP contribution in [0.1, 0.15) is 25.5 Å². The minimum atomic E-state index is 0.204. The maximum atomic E-state index is 6.08. The monoisotopic (exact) mass is 201 g/mol. The molecule has 1 heterocycles. The maximum absolute atomic E-state index is 6.08. The Morgan fingerprint density at radius 3 is 2.67 bits per heavy atom. The standard InChI is InChI=1S/C12H15N3/c1-12(2)9(11(12)13)10-7-5-3-4-6-8(7)14-15-10/h3-6,9,11H,13H2,1-2H3,(H,14,15). The van der Waals surface area contributed by atoms with Crippen LogP contribution in [0, 0.1) is 5.41 Å². The van der Waals surface area contributed by atoms with E-state index in [0.29, 0.717) is 5.92 Å². The topological polar surface area (TPSA) is 54.7 Å². The van der Waals surface area contributed by atoms with Gasteiger partial charge in [0.05, 0.1) is 5.52 Å². The zero-order valence-corrected chi connectivity index (χ0v) is 8.99. The van der Waals surface area contributed by atoms with Crippen LogP contribution >= 0.6 is 0 Å². The van der Waals surface area contributed by atoms with E-state index in [1.165, 1.54) is 11.1 Å². The minimum Gasteiger partial charge on any atom is -0.327 e. The number of hydrogen-bond donors (Lipinski definition) is 2. The largest absolute Gasteiger partial charge is 0.327 e. The van der Waals surface area contributed by atoms with Gasteiger partial charge in [-0.25, -0.2) is 0 Å². The van der Waals surface area contributed by atoms with E-state index in [9.17, 15) is 0 Å². The number of nitrogens with one attached hydrogen (secondary N) is 1. The maximum Gasteiger partial charge on any atom is 0.0923 e. The smallest absolute Gasteiger partial charge is 0.0923 e. The van der Waals surface area contributed by atoms with Gasteiger partial charge < -0.3 is 5.73 Å². The molecule has 1 aromatic heterocycles. The summed E-state index contributed by atoms with van der Waals surface area (Å²) in [4.78, 5) is 0. The number of H-pyrrole nitrogens is 1. The minimum absolute atomic E-state index is 0.204. The van der Waals surface area contributed by atoms with Gasteiger partial charge in [-0.2, -0.15) is 5.10 Å². The molecule has 0 radical (unpaired) electrons. The molecule has 0 amide bonds. The van der Waals surface area contributed by atoms with Crippen molar-refractivity contribution in [3.63, 3.8) is 0 Å². The van der Waals surface area contributed by atoms with Crippen molar-refractivity contribution >= 4 is 10.9 Å². The molecule has 0 spiro atoms. The van der Waals surface area contributed by atoms with E-state index in [4.69, 9.17) is 5.73 Å². The van der Waals surface area contributed by atoms with E-state index in [1.54, 1.807) is 0 Å². The molecule has 1 saturated carbocycles. The number of benzene rings is 1. The van der Waals surface area contributed by atoms with E-state index in [0.717, 1.165) is 5.52 Å². The number of nitrogens with zero attached hydrogens (tertiary/aromatic N) is 1. The fourth-order valence-corrected chi connectivity index (χ4v) is 2.45. The molecule has 1 aliphatic carbocycles. The normalized spacial score (nSPS) is 28.2. The molecule has 3 heteroatoms.